The summed E-state index contributed by atoms with van der Waals surface area (Å²) in [5, 5.41) is 9.56. The molecule has 2 rings (SSSR count). The predicted octanol–water partition coefficient (Wildman–Crippen LogP) is 3.70. The van der Waals surface area contributed by atoms with E-state index in [9.17, 15) is 9.90 Å². The van der Waals surface area contributed by atoms with E-state index in [1.54, 1.807) is 11.8 Å². The number of hydrogen-bond donors (Lipinski definition) is 1. The Bertz CT molecular complexity index is 391. The van der Waals surface area contributed by atoms with Gasteiger partial charge >= 0.3 is 5.97 Å². The van der Waals surface area contributed by atoms with Gasteiger partial charge in [0.1, 0.15) is 0 Å². The molecule has 0 heterocycles. The number of carboxylic acid groups (broad SMARTS) is 1. The van der Waals surface area contributed by atoms with Crippen LogP contribution in [0.4, 0.5) is 0 Å². The van der Waals surface area contributed by atoms with Crippen molar-refractivity contribution in [2.24, 2.45) is 0 Å². The van der Waals surface area contributed by atoms with E-state index in [1.165, 1.54) is 4.90 Å². The molecule has 1 fully saturated rings. The molecular weight excluding hydrogens is 232 g/mol. The summed E-state index contributed by atoms with van der Waals surface area (Å²) >= 11 is 1.68. The minimum Gasteiger partial charge on any atom is -0.481 e. The van der Waals surface area contributed by atoms with Gasteiger partial charge in [0, 0.05) is 4.90 Å². The second-order valence-electron chi connectivity index (χ2n) is 4.68. The van der Waals surface area contributed by atoms with Gasteiger partial charge < -0.3 is 5.11 Å². The molecule has 1 N–H and O–H groups in total. The van der Waals surface area contributed by atoms with E-state index in [2.05, 4.69) is 0 Å². The summed E-state index contributed by atoms with van der Waals surface area (Å²) in [4.78, 5) is 12.8. The van der Waals surface area contributed by atoms with Crippen molar-refractivity contribution < 1.29 is 9.90 Å². The summed E-state index contributed by atoms with van der Waals surface area (Å²) in [6.45, 7) is 0. The molecule has 0 unspecified atom stereocenters. The Morgan fingerprint density at radius 2 is 1.76 bits per heavy atom. The number of aliphatic carboxylic acids is 1. The molecule has 1 aromatic rings. The Labute approximate surface area is 106 Å². The molecule has 0 aromatic heterocycles. The summed E-state index contributed by atoms with van der Waals surface area (Å²) in [6.07, 6.45) is 6.80. The first-order valence-corrected chi connectivity index (χ1v) is 7.29. The van der Waals surface area contributed by atoms with E-state index >= 15 is 0 Å². The Morgan fingerprint density at radius 3 is 2.24 bits per heavy atom. The summed E-state index contributed by atoms with van der Waals surface area (Å²) in [6, 6.07) is 8.04. The van der Waals surface area contributed by atoms with Crippen molar-refractivity contribution in [3.63, 3.8) is 0 Å². The van der Waals surface area contributed by atoms with Crippen molar-refractivity contribution in [3.05, 3.63) is 29.8 Å². The zero-order valence-corrected chi connectivity index (χ0v) is 10.9. The summed E-state index contributed by atoms with van der Waals surface area (Å²) < 4.78 is 0. The molecule has 0 radical (unpaired) electrons. The van der Waals surface area contributed by atoms with Gasteiger partial charge in [-0.05, 0) is 36.8 Å². The van der Waals surface area contributed by atoms with Crippen molar-refractivity contribution in [1.29, 1.82) is 0 Å². The second kappa shape index (κ2) is 5.13. The molecule has 0 atom stereocenters. The van der Waals surface area contributed by atoms with Crippen LogP contribution in [-0.4, -0.2) is 17.3 Å². The van der Waals surface area contributed by atoms with Crippen LogP contribution < -0.4 is 0 Å². The predicted molar refractivity (Wildman–Crippen MR) is 70.6 cm³/mol. The van der Waals surface area contributed by atoms with Crippen molar-refractivity contribution >= 4 is 17.7 Å². The number of rotatable bonds is 3. The van der Waals surface area contributed by atoms with Crippen LogP contribution in [0, 0.1) is 0 Å². The molecule has 2 nitrogen and oxygen atoms in total. The molecule has 0 aliphatic heterocycles. The van der Waals surface area contributed by atoms with Crippen molar-refractivity contribution in [3.8, 4) is 0 Å². The SMILES string of the molecule is CSc1ccc(C2(C(=O)O)CCCCC2)cc1. The van der Waals surface area contributed by atoms with Crippen LogP contribution >= 0.6 is 11.8 Å². The van der Waals surface area contributed by atoms with E-state index < -0.39 is 11.4 Å². The maximum absolute atomic E-state index is 11.6. The van der Waals surface area contributed by atoms with Gasteiger partial charge in [-0.15, -0.1) is 11.8 Å². The molecule has 0 amide bonds. The largest absolute Gasteiger partial charge is 0.481 e. The zero-order chi connectivity index (χ0) is 12.3. The fourth-order valence-electron chi connectivity index (χ4n) is 2.69. The molecule has 3 heteroatoms. The van der Waals surface area contributed by atoms with E-state index in [0.29, 0.717) is 0 Å². The van der Waals surface area contributed by atoms with Gasteiger partial charge in [-0.25, -0.2) is 0 Å². The second-order valence-corrected chi connectivity index (χ2v) is 5.56. The lowest BCUT2D eigenvalue weighted by Crippen LogP contribution is -2.37. The van der Waals surface area contributed by atoms with Gasteiger partial charge in [0.15, 0.2) is 0 Å². The van der Waals surface area contributed by atoms with E-state index in [-0.39, 0.29) is 0 Å². The normalized spacial score (nSPS) is 18.9. The van der Waals surface area contributed by atoms with Crippen molar-refractivity contribution in [2.75, 3.05) is 6.26 Å². The van der Waals surface area contributed by atoms with E-state index in [0.717, 1.165) is 37.7 Å². The van der Waals surface area contributed by atoms with Crippen LogP contribution in [-0.2, 0) is 10.2 Å². The van der Waals surface area contributed by atoms with Crippen molar-refractivity contribution in [1.82, 2.24) is 0 Å². The standard InChI is InChI=1S/C14H18O2S/c1-17-12-7-5-11(6-8-12)14(13(15)16)9-3-2-4-10-14/h5-8H,2-4,9-10H2,1H3,(H,15,16). The van der Waals surface area contributed by atoms with Gasteiger partial charge in [0.05, 0.1) is 5.41 Å². The highest BCUT2D eigenvalue weighted by molar-refractivity contribution is 7.98. The number of thioether (sulfide) groups is 1. The minimum absolute atomic E-state index is 0.630. The Balaban J connectivity index is 2.34. The van der Waals surface area contributed by atoms with Crippen LogP contribution in [0.3, 0.4) is 0 Å². The first kappa shape index (κ1) is 12.5. The van der Waals surface area contributed by atoms with Crippen LogP contribution in [0.2, 0.25) is 0 Å². The van der Waals surface area contributed by atoms with E-state index in [4.69, 9.17) is 0 Å². The number of hydrogen-bond acceptors (Lipinski definition) is 2. The zero-order valence-electron chi connectivity index (χ0n) is 10.1. The van der Waals surface area contributed by atoms with Gasteiger partial charge in [-0.3, -0.25) is 4.79 Å². The highest BCUT2D eigenvalue weighted by atomic mass is 32.2. The fraction of sp³-hybridized carbons (Fsp3) is 0.500. The van der Waals surface area contributed by atoms with Gasteiger partial charge in [0.25, 0.3) is 0 Å². The lowest BCUT2D eigenvalue weighted by Gasteiger charge is -2.33. The Morgan fingerprint density at radius 1 is 1.18 bits per heavy atom. The highest BCUT2D eigenvalue weighted by Gasteiger charge is 2.41. The highest BCUT2D eigenvalue weighted by Crippen LogP contribution is 2.40. The maximum atomic E-state index is 11.6. The van der Waals surface area contributed by atoms with Gasteiger partial charge in [-0.2, -0.15) is 0 Å². The molecule has 1 aromatic carbocycles. The monoisotopic (exact) mass is 250 g/mol. The average molecular weight is 250 g/mol. The first-order valence-electron chi connectivity index (χ1n) is 6.07. The summed E-state index contributed by atoms with van der Waals surface area (Å²) in [5.41, 5.74) is 0.345. The molecule has 1 aliphatic rings. The third-order valence-electron chi connectivity index (χ3n) is 3.76. The van der Waals surface area contributed by atoms with Crippen molar-refractivity contribution in [2.45, 2.75) is 42.4 Å². The molecule has 0 spiro atoms. The third-order valence-corrected chi connectivity index (χ3v) is 4.50. The molecule has 0 saturated heterocycles. The van der Waals surface area contributed by atoms with Crippen LogP contribution in [0.5, 0.6) is 0 Å². The van der Waals surface area contributed by atoms with Crippen LogP contribution in [0.25, 0.3) is 0 Å². The topological polar surface area (TPSA) is 37.3 Å². The summed E-state index contributed by atoms with van der Waals surface area (Å²) in [5.74, 6) is -0.658. The Hall–Kier alpha value is -0.960. The van der Waals surface area contributed by atoms with Crippen LogP contribution in [0.1, 0.15) is 37.7 Å². The first-order chi connectivity index (χ1) is 8.19. The minimum atomic E-state index is -0.658. The molecule has 1 saturated carbocycles. The number of carboxylic acids is 1. The molecule has 92 valence electrons. The lowest BCUT2D eigenvalue weighted by atomic mass is 9.69. The summed E-state index contributed by atoms with van der Waals surface area (Å²) in [7, 11) is 0. The smallest absolute Gasteiger partial charge is 0.314 e. The molecule has 17 heavy (non-hydrogen) atoms. The molecule has 1 aliphatic carbocycles. The van der Waals surface area contributed by atoms with Gasteiger partial charge in [-0.1, -0.05) is 31.4 Å². The van der Waals surface area contributed by atoms with Crippen LogP contribution in [0.15, 0.2) is 29.2 Å². The number of benzene rings is 1. The lowest BCUT2D eigenvalue weighted by molar-refractivity contribution is -0.145. The Kier molecular flexibility index (Phi) is 3.77. The molecule has 0 bridgehead atoms. The maximum Gasteiger partial charge on any atom is 0.314 e. The quantitative estimate of drug-likeness (QED) is 0.831. The van der Waals surface area contributed by atoms with Gasteiger partial charge in [0.2, 0.25) is 0 Å². The fourth-order valence-corrected chi connectivity index (χ4v) is 3.10. The number of carbonyl (C=O) groups is 1. The third kappa shape index (κ3) is 2.34. The molecular formula is C14H18O2S. The average Bonchev–Trinajstić information content (AvgIpc) is 2.39. The van der Waals surface area contributed by atoms with E-state index in [1.807, 2.05) is 30.5 Å².